The summed E-state index contributed by atoms with van der Waals surface area (Å²) in [6.07, 6.45) is 9.82. The van der Waals surface area contributed by atoms with Crippen LogP contribution >= 0.6 is 0 Å². The molecular weight excluding hydrogens is 697 g/mol. The van der Waals surface area contributed by atoms with E-state index in [1.54, 1.807) is 55.7 Å². The number of hydrogen-bond acceptors (Lipinski definition) is 11. The van der Waals surface area contributed by atoms with Gasteiger partial charge in [0.1, 0.15) is 30.1 Å². The maximum absolute atomic E-state index is 14.6. The molecule has 294 valence electrons. The number of ether oxygens (including phenoxy) is 5. The monoisotopic (exact) mass is 752 g/mol. The molecule has 1 heterocycles. The lowest BCUT2D eigenvalue weighted by atomic mass is 10.1. The van der Waals surface area contributed by atoms with Crippen LogP contribution in [0.15, 0.2) is 61.1 Å². The number of anilines is 1. The summed E-state index contributed by atoms with van der Waals surface area (Å²) < 4.78 is 43.3. The number of benzene rings is 2. The summed E-state index contributed by atoms with van der Waals surface area (Å²) in [5, 5.41) is 14.3. The van der Waals surface area contributed by atoms with Gasteiger partial charge in [0, 0.05) is 49.2 Å². The zero-order valence-electron chi connectivity index (χ0n) is 31.4. The van der Waals surface area contributed by atoms with Gasteiger partial charge in [0.05, 0.1) is 47.2 Å². The second-order valence-corrected chi connectivity index (χ2v) is 12.4. The molecule has 0 unspecified atom stereocenters. The van der Waals surface area contributed by atoms with Crippen LogP contribution in [0.5, 0.6) is 5.75 Å². The van der Waals surface area contributed by atoms with Crippen LogP contribution in [-0.4, -0.2) is 105 Å². The summed E-state index contributed by atoms with van der Waals surface area (Å²) in [6, 6.07) is 13.0. The average Bonchev–Trinajstić information content (AvgIpc) is 3.20. The summed E-state index contributed by atoms with van der Waals surface area (Å²) in [4.78, 5) is 31.9. The molecule has 2 aromatic carbocycles. The lowest BCUT2D eigenvalue weighted by Crippen LogP contribution is -2.36. The van der Waals surface area contributed by atoms with Crippen molar-refractivity contribution in [2.45, 2.75) is 57.9 Å². The predicted octanol–water partition coefficient (Wildman–Crippen LogP) is 4.71. The zero-order valence-corrected chi connectivity index (χ0v) is 31.4. The van der Waals surface area contributed by atoms with Gasteiger partial charge < -0.3 is 40.1 Å². The van der Waals surface area contributed by atoms with Crippen molar-refractivity contribution >= 4 is 29.2 Å². The minimum absolute atomic E-state index is 0.00409. The molecule has 0 radical (unpaired) electrons. The standard InChI is InChI=1S/C39H54FN7O7/c1-47(38(42)35-16-17-43-29-46-35)36(41)28-44-32-12-10-11-30(25-32)39(49)45-27-31-26-33(14-15-34(31)40)54-20-9-4-3-7-18-51-21-23-53-24-22-52-19-8-5-6-13-37(48)50-2/h10-12,14-17,25-26,29,41-42,44H,3-9,13,18-24,27-28H2,1-2H3,(H,45,49)/p+1. The highest BCUT2D eigenvalue weighted by atomic mass is 19.1. The third-order valence-electron chi connectivity index (χ3n) is 8.24. The number of carbonyl (C=O) groups is 2. The van der Waals surface area contributed by atoms with E-state index in [0.717, 1.165) is 44.9 Å². The summed E-state index contributed by atoms with van der Waals surface area (Å²) in [5.74, 6) is 0.0899. The number of aromatic nitrogens is 2. The Labute approximate surface area is 317 Å². The molecule has 0 aliphatic rings. The third kappa shape index (κ3) is 17.2. The fourth-order valence-corrected chi connectivity index (χ4v) is 5.03. The number of amides is 1. The van der Waals surface area contributed by atoms with E-state index in [2.05, 4.69) is 25.3 Å². The summed E-state index contributed by atoms with van der Waals surface area (Å²) >= 11 is 0. The average molecular weight is 753 g/mol. The van der Waals surface area contributed by atoms with E-state index in [-0.39, 0.29) is 30.8 Å². The summed E-state index contributed by atoms with van der Waals surface area (Å²) in [7, 11) is 3.07. The normalized spacial score (nSPS) is 11.5. The zero-order chi connectivity index (χ0) is 38.8. The molecule has 0 fully saturated rings. The molecule has 0 spiro atoms. The fraction of sp³-hybridized carbons (Fsp3) is 0.487. The molecule has 1 amide bonds. The second kappa shape index (κ2) is 25.9. The van der Waals surface area contributed by atoms with Crippen LogP contribution in [0.3, 0.4) is 0 Å². The minimum atomic E-state index is -0.431. The van der Waals surface area contributed by atoms with Crippen LogP contribution in [0, 0.1) is 11.2 Å². The Hall–Kier alpha value is -4.99. The fourth-order valence-electron chi connectivity index (χ4n) is 5.03. The first-order chi connectivity index (χ1) is 26.3. The number of halogens is 1. The molecule has 0 bridgehead atoms. The van der Waals surface area contributed by atoms with E-state index in [1.165, 1.54) is 24.1 Å². The summed E-state index contributed by atoms with van der Waals surface area (Å²) in [5.41, 5.74) is 8.01. The number of rotatable bonds is 27. The topological polar surface area (TPSA) is 183 Å². The maximum atomic E-state index is 14.6. The molecule has 0 atom stereocenters. The van der Waals surface area contributed by atoms with Crippen molar-refractivity contribution in [3.05, 3.63) is 83.7 Å². The van der Waals surface area contributed by atoms with Crippen LogP contribution in [0.1, 0.15) is 73.0 Å². The van der Waals surface area contributed by atoms with Crippen LogP contribution in [-0.2, 0) is 30.3 Å². The number of esters is 1. The summed E-state index contributed by atoms with van der Waals surface area (Å²) in [6.45, 7) is 4.19. The van der Waals surface area contributed by atoms with Gasteiger partial charge in [0.25, 0.3) is 11.7 Å². The van der Waals surface area contributed by atoms with Gasteiger partial charge in [-0.3, -0.25) is 9.59 Å². The molecule has 0 saturated carbocycles. The molecule has 0 aliphatic carbocycles. The van der Waals surface area contributed by atoms with Crippen LogP contribution in [0.25, 0.3) is 0 Å². The van der Waals surface area contributed by atoms with Crippen molar-refractivity contribution in [1.82, 2.24) is 15.3 Å². The van der Waals surface area contributed by atoms with Gasteiger partial charge in [-0.05, 0) is 74.6 Å². The lowest BCUT2D eigenvalue weighted by molar-refractivity contribution is -0.373. The predicted molar refractivity (Wildman–Crippen MR) is 204 cm³/mol. The Morgan fingerprint density at radius 1 is 0.870 bits per heavy atom. The van der Waals surface area contributed by atoms with E-state index in [0.29, 0.717) is 86.8 Å². The molecule has 3 rings (SSSR count). The highest BCUT2D eigenvalue weighted by Crippen LogP contribution is 2.18. The van der Waals surface area contributed by atoms with Gasteiger partial charge in [0.2, 0.25) is 5.84 Å². The van der Waals surface area contributed by atoms with E-state index in [1.807, 2.05) is 0 Å². The first-order valence-electron chi connectivity index (χ1n) is 18.3. The van der Waals surface area contributed by atoms with Gasteiger partial charge >= 0.3 is 5.97 Å². The molecule has 15 heteroatoms. The third-order valence-corrected chi connectivity index (χ3v) is 8.24. The van der Waals surface area contributed by atoms with Crippen molar-refractivity contribution in [3.63, 3.8) is 0 Å². The van der Waals surface area contributed by atoms with Crippen LogP contribution < -0.4 is 21.1 Å². The second-order valence-electron chi connectivity index (χ2n) is 12.4. The molecule has 54 heavy (non-hydrogen) atoms. The highest BCUT2D eigenvalue weighted by molar-refractivity contribution is 5.96. The quantitative estimate of drug-likeness (QED) is 0.0278. The maximum Gasteiger partial charge on any atom is 0.305 e. The van der Waals surface area contributed by atoms with Gasteiger partial charge in [-0.25, -0.2) is 18.9 Å². The van der Waals surface area contributed by atoms with E-state index < -0.39 is 5.82 Å². The smallest absolute Gasteiger partial charge is 0.305 e. The number of carbonyl (C=O) groups excluding carboxylic acids is 2. The SMILES string of the molecule is COC(=O)CCCCCOCCOCCOCCCCCCOc1ccc(F)c(CNC(=O)c2cccc(NCC(N)=[N+](C)C(=N)c3ccncn3)c2)c1. The van der Waals surface area contributed by atoms with Crippen LogP contribution in [0.2, 0.25) is 0 Å². The van der Waals surface area contributed by atoms with Crippen molar-refractivity contribution in [2.75, 3.05) is 72.3 Å². The Bertz CT molecular complexity index is 1610. The Morgan fingerprint density at radius 2 is 1.56 bits per heavy atom. The number of nitrogens with one attached hydrogen (secondary N) is 3. The number of nitrogens with zero attached hydrogens (tertiary/aromatic N) is 3. The number of amidine groups is 2. The van der Waals surface area contributed by atoms with Crippen molar-refractivity contribution in [2.24, 2.45) is 5.73 Å². The first kappa shape index (κ1) is 43.4. The van der Waals surface area contributed by atoms with Gasteiger partial charge in [-0.15, -0.1) is 0 Å². The number of unbranched alkanes of at least 4 members (excludes halogenated alkanes) is 5. The number of hydrogen-bond donors (Lipinski definition) is 4. The van der Waals surface area contributed by atoms with E-state index in [4.69, 9.17) is 30.1 Å². The first-order valence-corrected chi connectivity index (χ1v) is 18.3. The molecular formula is C39H55FN7O7+. The molecule has 3 aromatic rings. The highest BCUT2D eigenvalue weighted by Gasteiger charge is 2.14. The van der Waals surface area contributed by atoms with Gasteiger partial charge in [0.15, 0.2) is 0 Å². The number of methoxy groups -OCH3 is 1. The molecule has 1 aromatic heterocycles. The molecule has 0 aliphatic heterocycles. The molecule has 14 nitrogen and oxygen atoms in total. The molecule has 0 saturated heterocycles. The Kier molecular flexibility index (Phi) is 20.8. The Morgan fingerprint density at radius 3 is 2.24 bits per heavy atom. The van der Waals surface area contributed by atoms with Crippen molar-refractivity contribution in [1.29, 1.82) is 5.41 Å². The minimum Gasteiger partial charge on any atom is -0.494 e. The van der Waals surface area contributed by atoms with Gasteiger partial charge in [-0.1, -0.05) is 18.9 Å². The van der Waals surface area contributed by atoms with Crippen LogP contribution in [0.4, 0.5) is 10.1 Å². The largest absolute Gasteiger partial charge is 0.494 e. The lowest BCUT2D eigenvalue weighted by Gasteiger charge is -2.11. The van der Waals surface area contributed by atoms with E-state index in [9.17, 15) is 14.0 Å². The van der Waals surface area contributed by atoms with Crippen molar-refractivity contribution < 1.29 is 42.2 Å². The number of nitrogens with two attached hydrogens (primary N) is 1. The van der Waals surface area contributed by atoms with Gasteiger partial charge in [-0.2, -0.15) is 5.41 Å². The molecule has 5 N–H and O–H groups in total. The Balaban J connectivity index is 1.24. The van der Waals surface area contributed by atoms with E-state index >= 15 is 0 Å². The van der Waals surface area contributed by atoms with Crippen molar-refractivity contribution in [3.8, 4) is 5.75 Å².